The third-order valence-electron chi connectivity index (χ3n) is 4.49. The van der Waals surface area contributed by atoms with Crippen molar-refractivity contribution in [2.75, 3.05) is 5.01 Å². The van der Waals surface area contributed by atoms with Crippen molar-refractivity contribution >= 4 is 33.6 Å². The lowest BCUT2D eigenvalue weighted by Gasteiger charge is -2.14. The number of hydrazine groups is 1. The van der Waals surface area contributed by atoms with E-state index in [0.717, 1.165) is 5.01 Å². The Labute approximate surface area is 171 Å². The number of primary sulfonamides is 1. The predicted octanol–water partition coefficient (Wildman–Crippen LogP) is 1.73. The van der Waals surface area contributed by atoms with E-state index in [2.05, 4.69) is 5.43 Å². The van der Waals surface area contributed by atoms with E-state index in [1.54, 1.807) is 35.0 Å². The molecule has 1 aromatic heterocycles. The Balaban J connectivity index is 1.66. The minimum atomic E-state index is -3.81. The van der Waals surface area contributed by atoms with Gasteiger partial charge in [-0.3, -0.25) is 15.0 Å². The molecule has 2 aromatic carbocycles. The van der Waals surface area contributed by atoms with Crippen LogP contribution in [0.15, 0.2) is 77.3 Å². The molecule has 152 valence electrons. The Morgan fingerprint density at radius 2 is 1.57 bits per heavy atom. The number of sulfonamides is 1. The van der Waals surface area contributed by atoms with E-state index in [9.17, 15) is 22.4 Å². The Bertz CT molecular complexity index is 1280. The van der Waals surface area contributed by atoms with Crippen molar-refractivity contribution in [2.24, 2.45) is 5.14 Å². The van der Waals surface area contributed by atoms with Crippen molar-refractivity contribution in [3.8, 4) is 5.69 Å². The van der Waals surface area contributed by atoms with Crippen LogP contribution in [-0.2, 0) is 19.6 Å². The third kappa shape index (κ3) is 3.61. The molecule has 0 bridgehead atoms. The van der Waals surface area contributed by atoms with Gasteiger partial charge in [0.25, 0.3) is 11.8 Å². The Morgan fingerprint density at radius 3 is 2.20 bits per heavy atom. The Kier molecular flexibility index (Phi) is 4.72. The van der Waals surface area contributed by atoms with E-state index < -0.39 is 27.7 Å². The first-order chi connectivity index (χ1) is 14.2. The van der Waals surface area contributed by atoms with E-state index in [0.29, 0.717) is 17.1 Å². The van der Waals surface area contributed by atoms with Gasteiger partial charge in [-0.05, 0) is 66.7 Å². The van der Waals surface area contributed by atoms with Gasteiger partial charge in [-0.15, -0.1) is 0 Å². The number of anilines is 1. The fourth-order valence-corrected chi connectivity index (χ4v) is 3.54. The molecular weight excluding hydrogens is 411 g/mol. The Morgan fingerprint density at radius 1 is 0.933 bits per heavy atom. The van der Waals surface area contributed by atoms with Crippen LogP contribution in [0, 0.1) is 5.82 Å². The molecule has 0 radical (unpaired) electrons. The molecule has 0 saturated carbocycles. The smallest absolute Gasteiger partial charge is 0.282 e. The summed E-state index contributed by atoms with van der Waals surface area (Å²) in [5.41, 5.74) is 3.82. The molecule has 1 saturated heterocycles. The molecule has 2 heterocycles. The summed E-state index contributed by atoms with van der Waals surface area (Å²) in [7, 11) is -3.81. The monoisotopic (exact) mass is 426 g/mol. The van der Waals surface area contributed by atoms with Crippen LogP contribution >= 0.6 is 0 Å². The number of hydrogen-bond acceptors (Lipinski definition) is 4. The van der Waals surface area contributed by atoms with Gasteiger partial charge in [0.2, 0.25) is 10.0 Å². The zero-order chi connectivity index (χ0) is 21.5. The van der Waals surface area contributed by atoms with Gasteiger partial charge in [-0.2, -0.15) is 0 Å². The van der Waals surface area contributed by atoms with Crippen LogP contribution < -0.4 is 15.6 Å². The summed E-state index contributed by atoms with van der Waals surface area (Å²) in [5.74, 6) is -1.63. The van der Waals surface area contributed by atoms with Crippen LogP contribution in [0.1, 0.15) is 5.69 Å². The first kappa shape index (κ1) is 19.6. The minimum absolute atomic E-state index is 0.0291. The van der Waals surface area contributed by atoms with Crippen LogP contribution in [0.3, 0.4) is 0 Å². The van der Waals surface area contributed by atoms with E-state index in [4.69, 9.17) is 5.14 Å². The number of nitrogens with zero attached hydrogens (tertiary/aromatic N) is 2. The van der Waals surface area contributed by atoms with Gasteiger partial charge in [0, 0.05) is 17.6 Å². The molecular formula is C20H15FN4O4S. The van der Waals surface area contributed by atoms with E-state index >= 15 is 0 Å². The molecule has 4 rings (SSSR count). The van der Waals surface area contributed by atoms with E-state index in [1.165, 1.54) is 42.5 Å². The van der Waals surface area contributed by atoms with Gasteiger partial charge in [0.05, 0.1) is 10.6 Å². The maximum atomic E-state index is 13.1. The lowest BCUT2D eigenvalue weighted by Crippen LogP contribution is -2.35. The van der Waals surface area contributed by atoms with Crippen molar-refractivity contribution in [1.29, 1.82) is 0 Å². The van der Waals surface area contributed by atoms with Crippen molar-refractivity contribution in [3.63, 3.8) is 0 Å². The van der Waals surface area contributed by atoms with Gasteiger partial charge in [-0.1, -0.05) is 0 Å². The standard InChI is InChI=1S/C20H15FN4O4S/c21-13-3-5-15(6-4-13)25-20(27)18(19(26)23-25)12-16-2-1-11-24(16)14-7-9-17(10-8-14)30(22,28)29/h1-12H,(H,23,26)(H2,22,28,29)/b18-12+. The largest absolute Gasteiger partial charge is 0.317 e. The number of nitrogens with one attached hydrogen (secondary N) is 1. The molecule has 1 aliphatic rings. The zero-order valence-corrected chi connectivity index (χ0v) is 16.1. The summed E-state index contributed by atoms with van der Waals surface area (Å²) in [6, 6.07) is 14.4. The minimum Gasteiger partial charge on any atom is -0.317 e. The summed E-state index contributed by atoms with van der Waals surface area (Å²) in [4.78, 5) is 25.1. The van der Waals surface area contributed by atoms with Crippen LogP contribution in [0.4, 0.5) is 10.1 Å². The second kappa shape index (κ2) is 7.25. The quantitative estimate of drug-likeness (QED) is 0.488. The number of aromatic nitrogens is 1. The highest BCUT2D eigenvalue weighted by Crippen LogP contribution is 2.23. The number of carbonyl (C=O) groups excluding carboxylic acids is 2. The summed E-state index contributed by atoms with van der Waals surface area (Å²) in [5, 5.41) is 6.16. The van der Waals surface area contributed by atoms with Crippen molar-refractivity contribution in [2.45, 2.75) is 4.90 Å². The predicted molar refractivity (Wildman–Crippen MR) is 107 cm³/mol. The van der Waals surface area contributed by atoms with E-state index in [-0.39, 0.29) is 10.5 Å². The van der Waals surface area contributed by atoms with E-state index in [1.807, 2.05) is 0 Å². The van der Waals surface area contributed by atoms with Gasteiger partial charge in [0.15, 0.2) is 0 Å². The molecule has 0 atom stereocenters. The lowest BCUT2D eigenvalue weighted by atomic mass is 10.2. The number of benzene rings is 2. The summed E-state index contributed by atoms with van der Waals surface area (Å²) in [6.07, 6.45) is 3.13. The van der Waals surface area contributed by atoms with Crippen LogP contribution in [-0.4, -0.2) is 24.8 Å². The number of rotatable bonds is 4. The topological polar surface area (TPSA) is 114 Å². The molecule has 0 spiro atoms. The molecule has 10 heteroatoms. The van der Waals surface area contributed by atoms with Gasteiger partial charge in [0.1, 0.15) is 11.4 Å². The maximum absolute atomic E-state index is 13.1. The van der Waals surface area contributed by atoms with Crippen molar-refractivity contribution < 1.29 is 22.4 Å². The highest BCUT2D eigenvalue weighted by Gasteiger charge is 2.34. The molecule has 8 nitrogen and oxygen atoms in total. The summed E-state index contributed by atoms with van der Waals surface area (Å²) in [6.45, 7) is 0. The zero-order valence-electron chi connectivity index (χ0n) is 15.3. The Hall–Kier alpha value is -3.76. The lowest BCUT2D eigenvalue weighted by molar-refractivity contribution is -0.117. The maximum Gasteiger partial charge on any atom is 0.282 e. The molecule has 1 fully saturated rings. The van der Waals surface area contributed by atoms with Crippen LogP contribution in [0.2, 0.25) is 0 Å². The number of halogens is 1. The molecule has 3 N–H and O–H groups in total. The number of nitrogens with two attached hydrogens (primary N) is 1. The highest BCUT2D eigenvalue weighted by molar-refractivity contribution is 7.89. The van der Waals surface area contributed by atoms with Crippen LogP contribution in [0.25, 0.3) is 11.8 Å². The average Bonchev–Trinajstić information content (AvgIpc) is 3.28. The normalized spacial score (nSPS) is 15.7. The second-order valence-electron chi connectivity index (χ2n) is 6.46. The molecule has 2 amide bonds. The van der Waals surface area contributed by atoms with Gasteiger partial charge in [-0.25, -0.2) is 23.0 Å². The summed E-state index contributed by atoms with van der Waals surface area (Å²) >= 11 is 0. The first-order valence-electron chi connectivity index (χ1n) is 8.67. The SMILES string of the molecule is NS(=O)(=O)c1ccc(-n2cccc2/C=C2\C(=O)NN(c3ccc(F)cc3)C2=O)cc1. The molecule has 1 aliphatic heterocycles. The fraction of sp³-hybridized carbons (Fsp3) is 0. The number of carbonyl (C=O) groups is 2. The summed E-state index contributed by atoms with van der Waals surface area (Å²) < 4.78 is 37.6. The molecule has 0 aliphatic carbocycles. The number of hydrogen-bond donors (Lipinski definition) is 2. The van der Waals surface area contributed by atoms with Gasteiger partial charge >= 0.3 is 0 Å². The average molecular weight is 426 g/mol. The first-order valence-corrected chi connectivity index (χ1v) is 10.2. The molecule has 3 aromatic rings. The highest BCUT2D eigenvalue weighted by atomic mass is 32.2. The van der Waals surface area contributed by atoms with Crippen LogP contribution in [0.5, 0.6) is 0 Å². The van der Waals surface area contributed by atoms with Crippen molar-refractivity contribution in [3.05, 3.63) is 83.9 Å². The van der Waals surface area contributed by atoms with Crippen molar-refractivity contribution in [1.82, 2.24) is 9.99 Å². The molecule has 30 heavy (non-hydrogen) atoms. The number of amides is 2. The third-order valence-corrected chi connectivity index (χ3v) is 5.42. The van der Waals surface area contributed by atoms with Gasteiger partial charge < -0.3 is 4.57 Å². The fourth-order valence-electron chi connectivity index (χ4n) is 3.02. The second-order valence-corrected chi connectivity index (χ2v) is 8.02. The molecule has 0 unspecified atom stereocenters.